The molecule has 14 heavy (non-hydrogen) atoms. The van der Waals surface area contributed by atoms with Crippen molar-refractivity contribution in [2.45, 2.75) is 38.6 Å². The third-order valence-corrected chi connectivity index (χ3v) is 3.06. The molecule has 0 saturated carbocycles. The number of aliphatic hydroxyl groups is 1. The Balaban J connectivity index is 2.17. The van der Waals surface area contributed by atoms with Crippen LogP contribution in [0.4, 0.5) is 0 Å². The summed E-state index contributed by atoms with van der Waals surface area (Å²) in [6, 6.07) is 0. The molecular weight excluding hydrogens is 176 g/mol. The number of aliphatic hydroxyl groups excluding tert-OH is 1. The van der Waals surface area contributed by atoms with E-state index in [1.54, 1.807) is 0 Å². The van der Waals surface area contributed by atoms with Crippen LogP contribution in [0.3, 0.4) is 0 Å². The Hall–Kier alpha value is -0.120. The van der Waals surface area contributed by atoms with Crippen LogP contribution in [0, 0.1) is 5.92 Å². The molecular formula is C11H24N2O. The van der Waals surface area contributed by atoms with Gasteiger partial charge in [0.25, 0.3) is 0 Å². The first-order valence-corrected chi connectivity index (χ1v) is 5.71. The Labute approximate surface area is 87.3 Å². The summed E-state index contributed by atoms with van der Waals surface area (Å²) in [7, 11) is 0. The second kappa shape index (κ2) is 5.69. The van der Waals surface area contributed by atoms with Crippen LogP contribution in [0.5, 0.6) is 0 Å². The molecule has 0 aromatic heterocycles. The molecule has 0 aliphatic carbocycles. The highest BCUT2D eigenvalue weighted by Crippen LogP contribution is 2.13. The Morgan fingerprint density at radius 1 is 1.36 bits per heavy atom. The normalized spacial score (nSPS) is 19.9. The minimum Gasteiger partial charge on any atom is -0.396 e. The molecule has 84 valence electrons. The molecule has 0 unspecified atom stereocenters. The fourth-order valence-corrected chi connectivity index (χ4v) is 1.87. The largest absolute Gasteiger partial charge is 0.396 e. The maximum absolute atomic E-state index is 8.89. The van der Waals surface area contributed by atoms with Crippen molar-refractivity contribution < 1.29 is 5.11 Å². The topological polar surface area (TPSA) is 44.3 Å². The van der Waals surface area contributed by atoms with Crippen LogP contribution in [0.15, 0.2) is 0 Å². The fraction of sp³-hybridized carbons (Fsp3) is 1.00. The molecule has 1 aliphatic rings. The Morgan fingerprint density at radius 2 is 2.00 bits per heavy atom. The lowest BCUT2D eigenvalue weighted by Gasteiger charge is -2.30. The molecule has 3 nitrogen and oxygen atoms in total. The SMILES string of the molecule is CC(C)(CCO)NCC1CCNCC1. The lowest BCUT2D eigenvalue weighted by Crippen LogP contribution is -2.44. The van der Waals surface area contributed by atoms with E-state index < -0.39 is 0 Å². The highest BCUT2D eigenvalue weighted by Gasteiger charge is 2.19. The van der Waals surface area contributed by atoms with Crippen LogP contribution in [0.2, 0.25) is 0 Å². The summed E-state index contributed by atoms with van der Waals surface area (Å²) in [6.07, 6.45) is 3.39. The first-order chi connectivity index (χ1) is 6.64. The molecule has 1 rings (SSSR count). The molecule has 0 atom stereocenters. The number of hydrogen-bond donors (Lipinski definition) is 3. The quantitative estimate of drug-likeness (QED) is 0.613. The van der Waals surface area contributed by atoms with Gasteiger partial charge < -0.3 is 15.7 Å². The molecule has 1 saturated heterocycles. The van der Waals surface area contributed by atoms with Crippen molar-refractivity contribution in [3.63, 3.8) is 0 Å². The lowest BCUT2D eigenvalue weighted by molar-refractivity contribution is 0.219. The molecule has 0 spiro atoms. The van der Waals surface area contributed by atoms with Gasteiger partial charge >= 0.3 is 0 Å². The molecule has 0 bridgehead atoms. The second-order valence-corrected chi connectivity index (χ2v) is 4.93. The van der Waals surface area contributed by atoms with Crippen molar-refractivity contribution in [3.05, 3.63) is 0 Å². The van der Waals surface area contributed by atoms with Gasteiger partial charge in [0.15, 0.2) is 0 Å². The number of rotatable bonds is 5. The monoisotopic (exact) mass is 200 g/mol. The minimum absolute atomic E-state index is 0.0830. The van der Waals surface area contributed by atoms with Crippen LogP contribution in [0.1, 0.15) is 33.1 Å². The van der Waals surface area contributed by atoms with E-state index >= 15 is 0 Å². The Bertz CT molecular complexity index is 153. The van der Waals surface area contributed by atoms with E-state index in [0.717, 1.165) is 32.0 Å². The zero-order valence-corrected chi connectivity index (χ0v) is 9.47. The van der Waals surface area contributed by atoms with Gasteiger partial charge in [-0.15, -0.1) is 0 Å². The van der Waals surface area contributed by atoms with Gasteiger partial charge in [-0.3, -0.25) is 0 Å². The third kappa shape index (κ3) is 4.40. The van der Waals surface area contributed by atoms with Crippen LogP contribution >= 0.6 is 0 Å². The maximum atomic E-state index is 8.89. The fourth-order valence-electron chi connectivity index (χ4n) is 1.87. The van der Waals surface area contributed by atoms with E-state index in [2.05, 4.69) is 24.5 Å². The van der Waals surface area contributed by atoms with Crippen molar-refractivity contribution in [1.29, 1.82) is 0 Å². The van der Waals surface area contributed by atoms with Gasteiger partial charge in [0.05, 0.1) is 0 Å². The highest BCUT2D eigenvalue weighted by molar-refractivity contribution is 4.80. The van der Waals surface area contributed by atoms with Crippen LogP contribution < -0.4 is 10.6 Å². The zero-order chi connectivity index (χ0) is 10.4. The van der Waals surface area contributed by atoms with Gasteiger partial charge in [0.1, 0.15) is 0 Å². The molecule has 0 radical (unpaired) electrons. The van der Waals surface area contributed by atoms with Crippen LogP contribution in [0.25, 0.3) is 0 Å². The number of piperidine rings is 1. The third-order valence-electron chi connectivity index (χ3n) is 3.06. The summed E-state index contributed by atoms with van der Waals surface area (Å²) in [5, 5.41) is 15.8. The first kappa shape index (κ1) is 12.0. The molecule has 1 heterocycles. The summed E-state index contributed by atoms with van der Waals surface area (Å²) >= 11 is 0. The number of nitrogens with one attached hydrogen (secondary N) is 2. The van der Waals surface area contributed by atoms with Gasteiger partial charge in [-0.25, -0.2) is 0 Å². The van der Waals surface area contributed by atoms with Gasteiger partial charge in [0.2, 0.25) is 0 Å². The molecule has 0 aromatic carbocycles. The zero-order valence-electron chi connectivity index (χ0n) is 9.47. The van der Waals surface area contributed by atoms with E-state index in [1.807, 2.05) is 0 Å². The van der Waals surface area contributed by atoms with E-state index in [-0.39, 0.29) is 12.1 Å². The number of hydrogen-bond acceptors (Lipinski definition) is 3. The van der Waals surface area contributed by atoms with Crippen molar-refractivity contribution >= 4 is 0 Å². The van der Waals surface area contributed by atoms with Gasteiger partial charge in [-0.05, 0) is 58.7 Å². The van der Waals surface area contributed by atoms with Gasteiger partial charge in [-0.2, -0.15) is 0 Å². The summed E-state index contributed by atoms with van der Waals surface area (Å²) < 4.78 is 0. The Morgan fingerprint density at radius 3 is 2.57 bits per heavy atom. The van der Waals surface area contributed by atoms with Gasteiger partial charge in [0, 0.05) is 12.1 Å². The van der Waals surface area contributed by atoms with Crippen LogP contribution in [-0.4, -0.2) is 36.9 Å². The van der Waals surface area contributed by atoms with E-state index in [9.17, 15) is 0 Å². The molecule has 1 aliphatic heterocycles. The van der Waals surface area contributed by atoms with Crippen molar-refractivity contribution in [2.24, 2.45) is 5.92 Å². The van der Waals surface area contributed by atoms with E-state index in [1.165, 1.54) is 12.8 Å². The molecule has 1 fully saturated rings. The van der Waals surface area contributed by atoms with Gasteiger partial charge in [-0.1, -0.05) is 0 Å². The Kier molecular flexibility index (Phi) is 4.85. The molecule has 3 N–H and O–H groups in total. The summed E-state index contributed by atoms with van der Waals surface area (Å²) in [4.78, 5) is 0. The highest BCUT2D eigenvalue weighted by atomic mass is 16.3. The van der Waals surface area contributed by atoms with Crippen LogP contribution in [-0.2, 0) is 0 Å². The summed E-state index contributed by atoms with van der Waals surface area (Å²) in [5.74, 6) is 0.814. The summed E-state index contributed by atoms with van der Waals surface area (Å²) in [6.45, 7) is 8.00. The summed E-state index contributed by atoms with van der Waals surface area (Å²) in [5.41, 5.74) is 0.0830. The predicted molar refractivity (Wildman–Crippen MR) is 59.4 cm³/mol. The van der Waals surface area contributed by atoms with E-state index in [4.69, 9.17) is 5.11 Å². The standard InChI is InChI=1S/C11H24N2O/c1-11(2,5-8-14)13-9-10-3-6-12-7-4-10/h10,12-14H,3-9H2,1-2H3. The van der Waals surface area contributed by atoms with Crippen molar-refractivity contribution in [1.82, 2.24) is 10.6 Å². The van der Waals surface area contributed by atoms with Crippen molar-refractivity contribution in [3.8, 4) is 0 Å². The second-order valence-electron chi connectivity index (χ2n) is 4.93. The van der Waals surface area contributed by atoms with E-state index in [0.29, 0.717) is 0 Å². The molecule has 0 amide bonds. The smallest absolute Gasteiger partial charge is 0.0448 e. The first-order valence-electron chi connectivity index (χ1n) is 5.71. The lowest BCUT2D eigenvalue weighted by atomic mass is 9.95. The molecule has 3 heteroatoms. The van der Waals surface area contributed by atoms with Crippen molar-refractivity contribution in [2.75, 3.05) is 26.2 Å². The average Bonchev–Trinajstić information content (AvgIpc) is 2.17. The predicted octanol–water partition coefficient (Wildman–Crippen LogP) is 0.737. The maximum Gasteiger partial charge on any atom is 0.0448 e. The minimum atomic E-state index is 0.0830. The average molecular weight is 200 g/mol. The molecule has 0 aromatic rings.